The Morgan fingerprint density at radius 3 is 2.75 bits per heavy atom. The molecule has 122 valence electrons. The Kier molecular flexibility index (Phi) is 5.45. The summed E-state index contributed by atoms with van der Waals surface area (Å²) in [4.78, 5) is 16.0. The molecule has 1 aromatic carbocycles. The Bertz CT molecular complexity index is 808. The van der Waals surface area contributed by atoms with Crippen LogP contribution in [0.25, 0.3) is 11.5 Å². The standard InChI is InChI=1S/C16H13ClN4O2S/c17-12-6-4-11(5-7-12)15-20-21-16(23-15)24-10-14(22)19-9-13-3-1-2-8-18-13/h1-8H,9-10H2,(H,19,22). The maximum absolute atomic E-state index is 11.8. The third-order valence-electron chi connectivity index (χ3n) is 3.02. The summed E-state index contributed by atoms with van der Waals surface area (Å²) in [5, 5.41) is 11.7. The van der Waals surface area contributed by atoms with Crippen LogP contribution < -0.4 is 5.32 Å². The van der Waals surface area contributed by atoms with Crippen LogP contribution in [0.15, 0.2) is 58.3 Å². The van der Waals surface area contributed by atoms with E-state index in [-0.39, 0.29) is 11.7 Å². The topological polar surface area (TPSA) is 80.9 Å². The van der Waals surface area contributed by atoms with E-state index in [0.717, 1.165) is 11.3 Å². The van der Waals surface area contributed by atoms with Crippen molar-refractivity contribution in [3.8, 4) is 11.5 Å². The molecular weight excluding hydrogens is 348 g/mol. The van der Waals surface area contributed by atoms with E-state index in [1.54, 1.807) is 30.5 Å². The zero-order valence-electron chi connectivity index (χ0n) is 12.5. The van der Waals surface area contributed by atoms with Crippen molar-refractivity contribution in [1.29, 1.82) is 0 Å². The van der Waals surface area contributed by atoms with Gasteiger partial charge in [-0.1, -0.05) is 29.4 Å². The van der Waals surface area contributed by atoms with Crippen LogP contribution in [-0.2, 0) is 11.3 Å². The third kappa shape index (κ3) is 4.56. The van der Waals surface area contributed by atoms with Crippen molar-refractivity contribution in [1.82, 2.24) is 20.5 Å². The maximum atomic E-state index is 11.8. The Labute approximate surface area is 147 Å². The molecule has 0 spiro atoms. The normalized spacial score (nSPS) is 10.5. The summed E-state index contributed by atoms with van der Waals surface area (Å²) in [6, 6.07) is 12.6. The molecule has 0 atom stereocenters. The Morgan fingerprint density at radius 1 is 1.17 bits per heavy atom. The van der Waals surface area contributed by atoms with E-state index in [1.807, 2.05) is 18.2 Å². The number of nitrogens with zero attached hydrogens (tertiary/aromatic N) is 3. The maximum Gasteiger partial charge on any atom is 0.277 e. The van der Waals surface area contributed by atoms with Crippen molar-refractivity contribution in [2.75, 3.05) is 5.75 Å². The number of carbonyl (C=O) groups is 1. The van der Waals surface area contributed by atoms with E-state index < -0.39 is 0 Å². The summed E-state index contributed by atoms with van der Waals surface area (Å²) in [5.74, 6) is 0.453. The first kappa shape index (κ1) is 16.5. The molecule has 3 aromatic rings. The number of hydrogen-bond acceptors (Lipinski definition) is 6. The van der Waals surface area contributed by atoms with Gasteiger partial charge in [0.2, 0.25) is 11.8 Å². The van der Waals surface area contributed by atoms with Gasteiger partial charge in [0.05, 0.1) is 18.0 Å². The van der Waals surface area contributed by atoms with Crippen LogP contribution >= 0.6 is 23.4 Å². The molecule has 2 aromatic heterocycles. The van der Waals surface area contributed by atoms with Crippen LogP contribution in [0, 0.1) is 0 Å². The number of rotatable bonds is 6. The lowest BCUT2D eigenvalue weighted by molar-refractivity contribution is -0.118. The van der Waals surface area contributed by atoms with Crippen molar-refractivity contribution >= 4 is 29.3 Å². The van der Waals surface area contributed by atoms with Crippen molar-refractivity contribution < 1.29 is 9.21 Å². The summed E-state index contributed by atoms with van der Waals surface area (Å²) < 4.78 is 5.53. The molecule has 1 amide bonds. The summed E-state index contributed by atoms with van der Waals surface area (Å²) >= 11 is 7.03. The van der Waals surface area contributed by atoms with Crippen LogP contribution in [0.3, 0.4) is 0 Å². The van der Waals surface area contributed by atoms with Crippen LogP contribution in [0.4, 0.5) is 0 Å². The molecule has 8 heteroatoms. The highest BCUT2D eigenvalue weighted by Crippen LogP contribution is 2.24. The van der Waals surface area contributed by atoms with E-state index >= 15 is 0 Å². The number of nitrogens with one attached hydrogen (secondary N) is 1. The molecule has 0 aliphatic carbocycles. The van der Waals surface area contributed by atoms with Crippen LogP contribution in [0.5, 0.6) is 0 Å². The van der Waals surface area contributed by atoms with Crippen LogP contribution in [-0.4, -0.2) is 26.8 Å². The first-order valence-corrected chi connectivity index (χ1v) is 8.46. The SMILES string of the molecule is O=C(CSc1nnc(-c2ccc(Cl)cc2)o1)NCc1ccccn1. The van der Waals surface area contributed by atoms with E-state index in [9.17, 15) is 4.79 Å². The van der Waals surface area contributed by atoms with Gasteiger partial charge in [0.1, 0.15) is 0 Å². The van der Waals surface area contributed by atoms with E-state index in [0.29, 0.717) is 22.7 Å². The zero-order chi connectivity index (χ0) is 16.8. The molecule has 0 unspecified atom stereocenters. The molecule has 24 heavy (non-hydrogen) atoms. The molecule has 0 aliphatic heterocycles. The van der Waals surface area contributed by atoms with Gasteiger partial charge in [-0.25, -0.2) is 0 Å². The molecule has 3 rings (SSSR count). The van der Waals surface area contributed by atoms with Crippen LogP contribution in [0.2, 0.25) is 5.02 Å². The number of thioether (sulfide) groups is 1. The number of halogens is 1. The van der Waals surface area contributed by atoms with Crippen molar-refractivity contribution in [2.45, 2.75) is 11.8 Å². The quantitative estimate of drug-likeness (QED) is 0.680. The lowest BCUT2D eigenvalue weighted by Gasteiger charge is -2.02. The molecule has 0 radical (unpaired) electrons. The number of benzene rings is 1. The predicted molar refractivity (Wildman–Crippen MR) is 91.6 cm³/mol. The van der Waals surface area contributed by atoms with E-state index in [2.05, 4.69) is 20.5 Å². The van der Waals surface area contributed by atoms with Gasteiger partial charge in [0.25, 0.3) is 5.22 Å². The minimum Gasteiger partial charge on any atom is -0.411 e. The monoisotopic (exact) mass is 360 g/mol. The predicted octanol–water partition coefficient (Wildman–Crippen LogP) is 3.19. The zero-order valence-corrected chi connectivity index (χ0v) is 14.0. The third-order valence-corrected chi connectivity index (χ3v) is 4.09. The average molecular weight is 361 g/mol. The van der Waals surface area contributed by atoms with Gasteiger partial charge in [-0.05, 0) is 36.4 Å². The molecule has 6 nitrogen and oxygen atoms in total. The lowest BCUT2D eigenvalue weighted by Crippen LogP contribution is -2.24. The molecule has 0 saturated heterocycles. The minimum absolute atomic E-state index is 0.128. The van der Waals surface area contributed by atoms with Crippen molar-refractivity contribution in [3.05, 3.63) is 59.4 Å². The van der Waals surface area contributed by atoms with Gasteiger partial charge in [-0.3, -0.25) is 9.78 Å². The molecule has 0 fully saturated rings. The summed E-state index contributed by atoms with van der Waals surface area (Å²) in [7, 11) is 0. The fourth-order valence-electron chi connectivity index (χ4n) is 1.85. The number of pyridine rings is 1. The minimum atomic E-state index is -0.128. The van der Waals surface area contributed by atoms with Crippen molar-refractivity contribution in [2.24, 2.45) is 0 Å². The van der Waals surface area contributed by atoms with Gasteiger partial charge in [0, 0.05) is 16.8 Å². The highest BCUT2D eigenvalue weighted by Gasteiger charge is 2.11. The summed E-state index contributed by atoms with van der Waals surface area (Å²) in [5.41, 5.74) is 1.58. The molecule has 0 saturated carbocycles. The Balaban J connectivity index is 1.50. The fourth-order valence-corrected chi connectivity index (χ4v) is 2.57. The second kappa shape index (κ2) is 7.94. The first-order valence-electron chi connectivity index (χ1n) is 7.09. The second-order valence-corrected chi connectivity index (χ2v) is 6.13. The van der Waals surface area contributed by atoms with Gasteiger partial charge < -0.3 is 9.73 Å². The average Bonchev–Trinajstić information content (AvgIpc) is 3.09. The highest BCUT2D eigenvalue weighted by molar-refractivity contribution is 7.99. The first-order chi connectivity index (χ1) is 11.7. The lowest BCUT2D eigenvalue weighted by atomic mass is 10.2. The Morgan fingerprint density at radius 2 is 2.00 bits per heavy atom. The van der Waals surface area contributed by atoms with Gasteiger partial charge in [-0.2, -0.15) is 0 Å². The van der Waals surface area contributed by atoms with E-state index in [1.165, 1.54) is 11.8 Å². The van der Waals surface area contributed by atoms with Gasteiger partial charge >= 0.3 is 0 Å². The molecular formula is C16H13ClN4O2S. The van der Waals surface area contributed by atoms with E-state index in [4.69, 9.17) is 16.0 Å². The molecule has 2 heterocycles. The van der Waals surface area contributed by atoms with Crippen molar-refractivity contribution in [3.63, 3.8) is 0 Å². The summed E-state index contributed by atoms with van der Waals surface area (Å²) in [6.07, 6.45) is 1.69. The Hall–Kier alpha value is -2.38. The fraction of sp³-hybridized carbons (Fsp3) is 0.125. The van der Waals surface area contributed by atoms with Gasteiger partial charge in [0.15, 0.2) is 0 Å². The van der Waals surface area contributed by atoms with Gasteiger partial charge in [-0.15, -0.1) is 10.2 Å². The molecule has 1 N–H and O–H groups in total. The summed E-state index contributed by atoms with van der Waals surface area (Å²) in [6.45, 7) is 0.389. The smallest absolute Gasteiger partial charge is 0.277 e. The number of hydrogen-bond donors (Lipinski definition) is 1. The molecule has 0 bridgehead atoms. The number of carbonyl (C=O) groups excluding carboxylic acids is 1. The number of aromatic nitrogens is 3. The highest BCUT2D eigenvalue weighted by atomic mass is 35.5. The largest absolute Gasteiger partial charge is 0.411 e. The number of amides is 1. The molecule has 0 aliphatic rings. The van der Waals surface area contributed by atoms with Crippen LogP contribution in [0.1, 0.15) is 5.69 Å². The second-order valence-electron chi connectivity index (χ2n) is 4.77.